The molecule has 0 bridgehead atoms. The molecule has 0 aliphatic carbocycles. The fraction of sp³-hybridized carbons (Fsp3) is 0.381. The maximum absolute atomic E-state index is 12.5. The number of carbonyl (C=O) groups excluding carboxylic acids is 1. The first-order valence-corrected chi connectivity index (χ1v) is 11.5. The molecule has 31 heavy (non-hydrogen) atoms. The van der Waals surface area contributed by atoms with E-state index in [2.05, 4.69) is 10.0 Å². The van der Waals surface area contributed by atoms with Crippen molar-refractivity contribution in [3.8, 4) is 5.75 Å². The van der Waals surface area contributed by atoms with Crippen LogP contribution in [0.25, 0.3) is 0 Å². The molecule has 2 aromatic carbocycles. The normalized spacial score (nSPS) is 25.1. The maximum atomic E-state index is 12.5. The summed E-state index contributed by atoms with van der Waals surface area (Å²) in [5.41, 5.74) is 1.24. The molecule has 166 valence electrons. The number of nitrogens with one attached hydrogen (secondary N) is 2. The molecule has 9 nitrogen and oxygen atoms in total. The standard InChI is InChI=1S/C21H24N2O7S/c1-27-16-9-7-15(8-10-16)22-21(24)30-18-12-29-19-17(11-28-20(18)19)23-31(25,26)13-14-5-3-2-4-6-14/h2-10,17-20,23H,11-13H2,1H3,(H,22,24)/t17-,18-,19-,20+/m0/s1. The summed E-state index contributed by atoms with van der Waals surface area (Å²) in [6.45, 7) is 0.269. The first-order chi connectivity index (χ1) is 14.9. The minimum absolute atomic E-state index is 0.127. The molecule has 2 heterocycles. The number of anilines is 1. The van der Waals surface area contributed by atoms with Gasteiger partial charge >= 0.3 is 6.09 Å². The topological polar surface area (TPSA) is 112 Å². The van der Waals surface area contributed by atoms with Gasteiger partial charge in [-0.05, 0) is 29.8 Å². The van der Waals surface area contributed by atoms with E-state index >= 15 is 0 Å². The van der Waals surface area contributed by atoms with E-state index in [4.69, 9.17) is 18.9 Å². The van der Waals surface area contributed by atoms with Crippen LogP contribution in [-0.2, 0) is 30.0 Å². The Bertz CT molecular complexity index is 998. The van der Waals surface area contributed by atoms with Crippen LogP contribution in [0, 0.1) is 0 Å². The average molecular weight is 448 g/mol. The predicted octanol–water partition coefficient (Wildman–Crippen LogP) is 1.90. The monoisotopic (exact) mass is 448 g/mol. The zero-order valence-electron chi connectivity index (χ0n) is 16.9. The summed E-state index contributed by atoms with van der Waals surface area (Å²) in [5.74, 6) is 0.539. The second kappa shape index (κ2) is 9.23. The molecule has 4 rings (SSSR count). The lowest BCUT2D eigenvalue weighted by Crippen LogP contribution is -2.44. The van der Waals surface area contributed by atoms with Crippen molar-refractivity contribution in [1.29, 1.82) is 0 Å². The highest BCUT2D eigenvalue weighted by Gasteiger charge is 2.50. The van der Waals surface area contributed by atoms with Crippen molar-refractivity contribution in [1.82, 2.24) is 4.72 Å². The Morgan fingerprint density at radius 3 is 2.45 bits per heavy atom. The van der Waals surface area contributed by atoms with Gasteiger partial charge in [-0.2, -0.15) is 0 Å². The summed E-state index contributed by atoms with van der Waals surface area (Å²) in [4.78, 5) is 12.2. The highest BCUT2D eigenvalue weighted by atomic mass is 32.2. The third-order valence-electron chi connectivity index (χ3n) is 5.13. The Kier molecular flexibility index (Phi) is 6.42. The van der Waals surface area contributed by atoms with Crippen LogP contribution in [0.2, 0.25) is 0 Å². The SMILES string of the molecule is COc1ccc(NC(=O)O[C@H]2CO[C@@H]3[C@@H]2OC[C@@H]3NS(=O)(=O)Cc2ccccc2)cc1. The van der Waals surface area contributed by atoms with Gasteiger partial charge in [0.25, 0.3) is 0 Å². The Hall–Kier alpha value is -2.66. The number of carbonyl (C=O) groups is 1. The van der Waals surface area contributed by atoms with Crippen LogP contribution in [0.15, 0.2) is 54.6 Å². The molecular weight excluding hydrogens is 424 g/mol. The van der Waals surface area contributed by atoms with Gasteiger partial charge in [0.2, 0.25) is 10.0 Å². The van der Waals surface area contributed by atoms with E-state index < -0.39 is 40.5 Å². The number of sulfonamides is 1. The summed E-state index contributed by atoms with van der Waals surface area (Å²) >= 11 is 0. The van der Waals surface area contributed by atoms with Gasteiger partial charge in [0.1, 0.15) is 18.0 Å². The summed E-state index contributed by atoms with van der Waals surface area (Å²) in [6, 6.07) is 15.2. The first kappa shape index (κ1) is 21.6. The zero-order valence-corrected chi connectivity index (χ0v) is 17.7. The minimum Gasteiger partial charge on any atom is -0.497 e. The number of fused-ring (bicyclic) bond motifs is 1. The summed E-state index contributed by atoms with van der Waals surface area (Å²) < 4.78 is 49.7. The number of ether oxygens (including phenoxy) is 4. The van der Waals surface area contributed by atoms with Gasteiger partial charge in [-0.3, -0.25) is 5.32 Å². The molecule has 10 heteroatoms. The number of benzene rings is 2. The van der Waals surface area contributed by atoms with Crippen molar-refractivity contribution in [3.63, 3.8) is 0 Å². The lowest BCUT2D eigenvalue weighted by Gasteiger charge is -2.18. The fourth-order valence-corrected chi connectivity index (χ4v) is 5.07. The Balaban J connectivity index is 1.30. The van der Waals surface area contributed by atoms with Crippen molar-refractivity contribution in [2.45, 2.75) is 30.1 Å². The molecule has 0 unspecified atom stereocenters. The van der Waals surface area contributed by atoms with Crippen molar-refractivity contribution < 1.29 is 32.2 Å². The highest BCUT2D eigenvalue weighted by molar-refractivity contribution is 7.88. The molecular formula is C21H24N2O7S. The van der Waals surface area contributed by atoms with Gasteiger partial charge in [-0.15, -0.1) is 0 Å². The van der Waals surface area contributed by atoms with Crippen LogP contribution < -0.4 is 14.8 Å². The number of methoxy groups -OCH3 is 1. The fourth-order valence-electron chi connectivity index (χ4n) is 3.69. The smallest absolute Gasteiger partial charge is 0.412 e. The van der Waals surface area contributed by atoms with E-state index in [1.54, 1.807) is 55.6 Å². The van der Waals surface area contributed by atoms with Crippen molar-refractivity contribution in [2.24, 2.45) is 0 Å². The Morgan fingerprint density at radius 1 is 1.03 bits per heavy atom. The molecule has 1 amide bonds. The quantitative estimate of drug-likeness (QED) is 0.665. The molecule has 2 aliphatic heterocycles. The van der Waals surface area contributed by atoms with Gasteiger partial charge in [0, 0.05) is 5.69 Å². The van der Waals surface area contributed by atoms with E-state index in [0.717, 1.165) is 0 Å². The van der Waals surface area contributed by atoms with Crippen LogP contribution >= 0.6 is 0 Å². The molecule has 2 N–H and O–H groups in total. The molecule has 4 atom stereocenters. The van der Waals surface area contributed by atoms with E-state index in [1.807, 2.05) is 6.07 Å². The average Bonchev–Trinajstić information content (AvgIpc) is 3.32. The minimum atomic E-state index is -3.58. The van der Waals surface area contributed by atoms with Crippen LogP contribution in [-0.4, -0.2) is 59.2 Å². The first-order valence-electron chi connectivity index (χ1n) is 9.82. The van der Waals surface area contributed by atoms with Crippen LogP contribution in [0.1, 0.15) is 5.56 Å². The van der Waals surface area contributed by atoms with Crippen LogP contribution in [0.5, 0.6) is 5.75 Å². The number of amides is 1. The van der Waals surface area contributed by atoms with Crippen molar-refractivity contribution in [3.05, 3.63) is 60.2 Å². The van der Waals surface area contributed by atoms with E-state index in [9.17, 15) is 13.2 Å². The van der Waals surface area contributed by atoms with Gasteiger partial charge < -0.3 is 18.9 Å². The Morgan fingerprint density at radius 2 is 1.74 bits per heavy atom. The van der Waals surface area contributed by atoms with E-state index in [-0.39, 0.29) is 19.0 Å². The number of rotatable bonds is 7. The van der Waals surface area contributed by atoms with Gasteiger partial charge in [-0.1, -0.05) is 30.3 Å². The molecule has 2 saturated heterocycles. The van der Waals surface area contributed by atoms with Crippen molar-refractivity contribution in [2.75, 3.05) is 25.6 Å². The molecule has 0 radical (unpaired) electrons. The van der Waals surface area contributed by atoms with Crippen LogP contribution in [0.3, 0.4) is 0 Å². The zero-order chi connectivity index (χ0) is 21.8. The van der Waals surface area contributed by atoms with Crippen LogP contribution in [0.4, 0.5) is 10.5 Å². The van der Waals surface area contributed by atoms with Gasteiger partial charge in [0.15, 0.2) is 6.10 Å². The van der Waals surface area contributed by atoms with E-state index in [0.29, 0.717) is 17.0 Å². The third kappa shape index (κ3) is 5.34. The second-order valence-corrected chi connectivity index (χ2v) is 9.12. The molecule has 0 saturated carbocycles. The molecule has 2 aromatic rings. The van der Waals surface area contributed by atoms with E-state index in [1.165, 1.54) is 0 Å². The largest absolute Gasteiger partial charge is 0.497 e. The highest BCUT2D eigenvalue weighted by Crippen LogP contribution is 2.30. The Labute approximate surface area is 180 Å². The molecule has 2 fully saturated rings. The summed E-state index contributed by atoms with van der Waals surface area (Å²) in [7, 11) is -2.02. The summed E-state index contributed by atoms with van der Waals surface area (Å²) in [6.07, 6.45) is -2.33. The maximum Gasteiger partial charge on any atom is 0.412 e. The summed E-state index contributed by atoms with van der Waals surface area (Å²) in [5, 5.41) is 2.64. The number of hydrogen-bond acceptors (Lipinski definition) is 7. The molecule has 0 spiro atoms. The lowest BCUT2D eigenvalue weighted by molar-refractivity contribution is 0.00883. The number of hydrogen-bond donors (Lipinski definition) is 2. The second-order valence-electron chi connectivity index (χ2n) is 7.36. The van der Waals surface area contributed by atoms with Gasteiger partial charge in [-0.25, -0.2) is 17.9 Å². The molecule has 0 aromatic heterocycles. The van der Waals surface area contributed by atoms with Crippen molar-refractivity contribution >= 4 is 21.8 Å². The predicted molar refractivity (Wildman–Crippen MR) is 112 cm³/mol. The van der Waals surface area contributed by atoms with Gasteiger partial charge in [0.05, 0.1) is 32.1 Å². The third-order valence-corrected chi connectivity index (χ3v) is 6.51. The lowest BCUT2D eigenvalue weighted by atomic mass is 10.1. The molecule has 2 aliphatic rings.